The fraction of sp³-hybridized carbons (Fsp3) is 0.167. The number of nitrogens with zero attached hydrogens (tertiary/aromatic N) is 3. The summed E-state index contributed by atoms with van der Waals surface area (Å²) in [5.41, 5.74) is 1.15. The largest absolute Gasteiger partial charge is 0.337 e. The van der Waals surface area contributed by atoms with Gasteiger partial charge in [-0.3, -0.25) is 9.52 Å². The first-order valence-electron chi connectivity index (χ1n) is 8.14. The molecule has 146 valence electrons. The zero-order valence-electron chi connectivity index (χ0n) is 15.1. The van der Waals surface area contributed by atoms with Crippen LogP contribution in [0, 0.1) is 0 Å². The Bertz CT molecular complexity index is 1100. The van der Waals surface area contributed by atoms with E-state index < -0.39 is 15.9 Å². The highest BCUT2D eigenvalue weighted by Gasteiger charge is 2.20. The van der Waals surface area contributed by atoms with Crippen molar-refractivity contribution in [2.24, 2.45) is 0 Å². The lowest BCUT2D eigenvalue weighted by molar-refractivity contribution is 0.0770. The Balaban J connectivity index is 1.76. The van der Waals surface area contributed by atoms with E-state index in [1.807, 2.05) is 0 Å². The average Bonchev–Trinajstić information content (AvgIpc) is 3.09. The summed E-state index contributed by atoms with van der Waals surface area (Å²) in [4.78, 5) is 18.4. The summed E-state index contributed by atoms with van der Waals surface area (Å²) in [7, 11) is -1.96. The van der Waals surface area contributed by atoms with Gasteiger partial charge in [-0.15, -0.1) is 0 Å². The molecule has 0 spiro atoms. The molecule has 8 nitrogen and oxygen atoms in total. The number of benzene rings is 2. The van der Waals surface area contributed by atoms with Crippen molar-refractivity contribution in [2.45, 2.75) is 6.54 Å². The molecule has 0 saturated carbocycles. The van der Waals surface area contributed by atoms with Crippen molar-refractivity contribution in [2.75, 3.05) is 18.0 Å². The van der Waals surface area contributed by atoms with Crippen LogP contribution >= 0.6 is 11.6 Å². The molecule has 2 aromatic carbocycles. The lowest BCUT2D eigenvalue weighted by atomic mass is 10.1. The summed E-state index contributed by atoms with van der Waals surface area (Å²) < 4.78 is 30.6. The third kappa shape index (κ3) is 4.87. The second kappa shape index (κ2) is 7.99. The minimum Gasteiger partial charge on any atom is -0.337 e. The summed E-state index contributed by atoms with van der Waals surface area (Å²) in [5, 5.41) is 4.50. The highest BCUT2D eigenvalue weighted by Crippen LogP contribution is 2.21. The SMILES string of the molecule is CN(Cc1nc(-c2ccc(Cl)cc2)no1)C(=O)c1ccccc1NS(C)(=O)=O. The van der Waals surface area contributed by atoms with E-state index in [2.05, 4.69) is 14.9 Å². The molecule has 0 unspecified atom stereocenters. The standard InChI is InChI=1S/C18H17ClN4O4S/c1-23(18(24)14-5-3-4-6-15(14)22-28(2,25)26)11-16-20-17(21-27-16)12-7-9-13(19)10-8-12/h3-10,22H,11H2,1-2H3. The van der Waals surface area contributed by atoms with Gasteiger partial charge in [0.1, 0.15) is 0 Å². The van der Waals surface area contributed by atoms with E-state index in [1.165, 1.54) is 11.0 Å². The van der Waals surface area contributed by atoms with Gasteiger partial charge >= 0.3 is 0 Å². The van der Waals surface area contributed by atoms with E-state index in [0.717, 1.165) is 11.8 Å². The number of carbonyl (C=O) groups is 1. The zero-order chi connectivity index (χ0) is 20.3. The van der Waals surface area contributed by atoms with Gasteiger partial charge in [0.15, 0.2) is 0 Å². The number of para-hydroxylation sites is 1. The fourth-order valence-corrected chi connectivity index (χ4v) is 3.18. The molecule has 1 heterocycles. The third-order valence-corrected chi connectivity index (χ3v) is 4.59. The maximum Gasteiger partial charge on any atom is 0.256 e. The van der Waals surface area contributed by atoms with Crippen LogP contribution in [-0.2, 0) is 16.6 Å². The Labute approximate surface area is 167 Å². The molecule has 0 aliphatic heterocycles. The summed E-state index contributed by atoms with van der Waals surface area (Å²) in [6.07, 6.45) is 1.02. The first kappa shape index (κ1) is 19.8. The molecule has 0 bridgehead atoms. The fourth-order valence-electron chi connectivity index (χ4n) is 2.47. The van der Waals surface area contributed by atoms with Crippen LogP contribution in [0.1, 0.15) is 16.2 Å². The number of halogens is 1. The van der Waals surface area contributed by atoms with E-state index in [-0.39, 0.29) is 23.7 Å². The molecule has 1 N–H and O–H groups in total. The average molecular weight is 421 g/mol. The van der Waals surface area contributed by atoms with E-state index >= 15 is 0 Å². The Morgan fingerprint density at radius 3 is 2.54 bits per heavy atom. The van der Waals surface area contributed by atoms with Gasteiger partial charge in [-0.25, -0.2) is 8.42 Å². The Kier molecular flexibility index (Phi) is 5.66. The topological polar surface area (TPSA) is 105 Å². The van der Waals surface area contributed by atoms with E-state index in [1.54, 1.807) is 49.5 Å². The van der Waals surface area contributed by atoms with Crippen molar-refractivity contribution in [3.05, 3.63) is 65.0 Å². The van der Waals surface area contributed by atoms with Crippen molar-refractivity contribution in [3.63, 3.8) is 0 Å². The highest BCUT2D eigenvalue weighted by molar-refractivity contribution is 7.92. The zero-order valence-corrected chi connectivity index (χ0v) is 16.7. The van der Waals surface area contributed by atoms with Crippen molar-refractivity contribution in [1.82, 2.24) is 15.0 Å². The van der Waals surface area contributed by atoms with Crippen molar-refractivity contribution in [3.8, 4) is 11.4 Å². The molecule has 10 heteroatoms. The lowest BCUT2D eigenvalue weighted by Gasteiger charge is -2.17. The number of sulfonamides is 1. The number of rotatable bonds is 6. The lowest BCUT2D eigenvalue weighted by Crippen LogP contribution is -2.27. The number of hydrogen-bond acceptors (Lipinski definition) is 6. The second-order valence-corrected chi connectivity index (χ2v) is 8.28. The normalized spacial score (nSPS) is 11.2. The molecule has 0 fully saturated rings. The molecule has 1 aromatic heterocycles. The smallest absolute Gasteiger partial charge is 0.256 e. The minimum absolute atomic E-state index is 0.0621. The van der Waals surface area contributed by atoms with Crippen LogP contribution in [0.5, 0.6) is 0 Å². The van der Waals surface area contributed by atoms with Gasteiger partial charge in [0.2, 0.25) is 21.7 Å². The summed E-state index contributed by atoms with van der Waals surface area (Å²) >= 11 is 5.87. The maximum atomic E-state index is 12.8. The Morgan fingerprint density at radius 2 is 1.86 bits per heavy atom. The first-order chi connectivity index (χ1) is 13.2. The van der Waals surface area contributed by atoms with Crippen molar-refractivity contribution >= 4 is 33.2 Å². The van der Waals surface area contributed by atoms with Crippen LogP contribution in [0.3, 0.4) is 0 Å². The van der Waals surface area contributed by atoms with Gasteiger partial charge in [0, 0.05) is 17.6 Å². The Hall–Kier alpha value is -2.91. The molecule has 3 aromatic rings. The highest BCUT2D eigenvalue weighted by atomic mass is 35.5. The van der Waals surface area contributed by atoms with Crippen LogP contribution in [-0.4, -0.2) is 42.7 Å². The van der Waals surface area contributed by atoms with Gasteiger partial charge < -0.3 is 9.42 Å². The molecule has 0 aliphatic carbocycles. The number of aromatic nitrogens is 2. The maximum absolute atomic E-state index is 12.8. The van der Waals surface area contributed by atoms with Crippen LogP contribution < -0.4 is 4.72 Å². The quantitative estimate of drug-likeness (QED) is 0.657. The molecule has 0 aliphatic rings. The number of amides is 1. The number of carbonyl (C=O) groups excluding carboxylic acids is 1. The van der Waals surface area contributed by atoms with Gasteiger partial charge in [-0.1, -0.05) is 28.9 Å². The van der Waals surface area contributed by atoms with Crippen LogP contribution in [0.2, 0.25) is 5.02 Å². The molecule has 0 atom stereocenters. The molecule has 0 saturated heterocycles. The van der Waals surface area contributed by atoms with Gasteiger partial charge in [-0.05, 0) is 36.4 Å². The molecule has 28 heavy (non-hydrogen) atoms. The predicted octanol–water partition coefficient (Wildman–Crippen LogP) is 3.03. The molecule has 0 radical (unpaired) electrons. The van der Waals surface area contributed by atoms with Crippen molar-refractivity contribution < 1.29 is 17.7 Å². The van der Waals surface area contributed by atoms with E-state index in [9.17, 15) is 13.2 Å². The molecule has 3 rings (SSSR count). The second-order valence-electron chi connectivity index (χ2n) is 6.10. The number of anilines is 1. The Morgan fingerprint density at radius 1 is 1.18 bits per heavy atom. The monoisotopic (exact) mass is 420 g/mol. The minimum atomic E-state index is -3.52. The third-order valence-electron chi connectivity index (χ3n) is 3.74. The van der Waals surface area contributed by atoms with Crippen LogP contribution in [0.15, 0.2) is 53.1 Å². The van der Waals surface area contributed by atoms with E-state index in [0.29, 0.717) is 10.8 Å². The van der Waals surface area contributed by atoms with Crippen LogP contribution in [0.25, 0.3) is 11.4 Å². The van der Waals surface area contributed by atoms with Gasteiger partial charge in [0.05, 0.1) is 24.1 Å². The number of nitrogens with one attached hydrogen (secondary N) is 1. The van der Waals surface area contributed by atoms with Gasteiger partial charge in [0.25, 0.3) is 5.91 Å². The summed E-state index contributed by atoms with van der Waals surface area (Å²) in [6, 6.07) is 13.3. The summed E-state index contributed by atoms with van der Waals surface area (Å²) in [6.45, 7) is 0.0621. The van der Waals surface area contributed by atoms with Gasteiger partial charge in [-0.2, -0.15) is 4.98 Å². The van der Waals surface area contributed by atoms with Crippen LogP contribution in [0.4, 0.5) is 5.69 Å². The number of hydrogen-bond donors (Lipinski definition) is 1. The first-order valence-corrected chi connectivity index (χ1v) is 10.4. The summed E-state index contributed by atoms with van der Waals surface area (Å²) in [5.74, 6) is 0.235. The van der Waals surface area contributed by atoms with E-state index in [4.69, 9.17) is 16.1 Å². The molecular weight excluding hydrogens is 404 g/mol. The molecular formula is C18H17ClN4O4S. The van der Waals surface area contributed by atoms with Crippen molar-refractivity contribution in [1.29, 1.82) is 0 Å². The molecule has 1 amide bonds. The predicted molar refractivity (Wildman–Crippen MR) is 105 cm³/mol.